The maximum absolute atomic E-state index is 13.0. The SMILES string of the molecule is COc1ccc([C@@H]2Nc3nonc3NC3=C2C(=O)CC(C)(C)C3)cc1O. The third kappa shape index (κ3) is 2.67. The van der Waals surface area contributed by atoms with E-state index in [4.69, 9.17) is 9.37 Å². The van der Waals surface area contributed by atoms with E-state index in [1.165, 1.54) is 7.11 Å². The molecule has 2 heterocycles. The van der Waals surface area contributed by atoms with Gasteiger partial charge in [0.15, 0.2) is 17.3 Å². The number of nitrogens with one attached hydrogen (secondary N) is 2. The van der Waals surface area contributed by atoms with Crippen molar-refractivity contribution in [1.82, 2.24) is 10.3 Å². The second-order valence-electron chi connectivity index (χ2n) is 7.43. The Bertz CT molecular complexity index is 916. The first-order valence-corrected chi connectivity index (χ1v) is 8.37. The summed E-state index contributed by atoms with van der Waals surface area (Å²) in [5.74, 6) is 1.30. The van der Waals surface area contributed by atoms with Crippen molar-refractivity contribution in [1.29, 1.82) is 0 Å². The van der Waals surface area contributed by atoms with Crippen molar-refractivity contribution in [2.75, 3.05) is 17.7 Å². The summed E-state index contributed by atoms with van der Waals surface area (Å²) in [7, 11) is 1.49. The molecule has 0 bridgehead atoms. The number of phenolic OH excluding ortho intramolecular Hbond substituents is 1. The van der Waals surface area contributed by atoms with Gasteiger partial charge in [-0.1, -0.05) is 19.9 Å². The second-order valence-corrected chi connectivity index (χ2v) is 7.43. The van der Waals surface area contributed by atoms with Crippen molar-refractivity contribution in [3.8, 4) is 11.5 Å². The lowest BCUT2D eigenvalue weighted by molar-refractivity contribution is -0.118. The van der Waals surface area contributed by atoms with Gasteiger partial charge in [-0.15, -0.1) is 0 Å². The van der Waals surface area contributed by atoms with Crippen LogP contribution in [0.4, 0.5) is 11.6 Å². The van der Waals surface area contributed by atoms with E-state index < -0.39 is 6.04 Å². The number of aromatic nitrogens is 2. The van der Waals surface area contributed by atoms with Crippen LogP contribution in [0.1, 0.15) is 38.3 Å². The Morgan fingerprint density at radius 1 is 1.27 bits per heavy atom. The van der Waals surface area contributed by atoms with Crippen LogP contribution in [0.3, 0.4) is 0 Å². The number of ether oxygens (including phenoxy) is 1. The van der Waals surface area contributed by atoms with Crippen LogP contribution in [0.5, 0.6) is 11.5 Å². The quantitative estimate of drug-likeness (QED) is 0.753. The third-order valence-corrected chi connectivity index (χ3v) is 4.78. The largest absolute Gasteiger partial charge is 0.504 e. The number of fused-ring (bicyclic) bond motifs is 1. The summed E-state index contributed by atoms with van der Waals surface area (Å²) in [6, 6.07) is 4.59. The molecular weight excluding hydrogens is 336 g/mol. The molecule has 4 rings (SSSR count). The number of methoxy groups -OCH3 is 1. The number of carbonyl (C=O) groups excluding carboxylic acids is 1. The number of benzene rings is 1. The van der Waals surface area contributed by atoms with E-state index in [1.807, 2.05) is 6.07 Å². The Balaban J connectivity index is 1.86. The molecule has 0 saturated carbocycles. The highest BCUT2D eigenvalue weighted by Crippen LogP contribution is 2.45. The molecule has 26 heavy (non-hydrogen) atoms. The molecular formula is C18H20N4O4. The lowest BCUT2D eigenvalue weighted by Crippen LogP contribution is -2.31. The van der Waals surface area contributed by atoms with Crippen LogP contribution in [0, 0.1) is 5.41 Å². The number of nitrogens with zero attached hydrogens (tertiary/aromatic N) is 2. The molecule has 0 spiro atoms. The van der Waals surface area contributed by atoms with Crippen LogP contribution in [0.25, 0.3) is 0 Å². The van der Waals surface area contributed by atoms with E-state index in [9.17, 15) is 9.90 Å². The number of hydrogen-bond donors (Lipinski definition) is 3. The lowest BCUT2D eigenvalue weighted by Gasteiger charge is -2.34. The zero-order valence-electron chi connectivity index (χ0n) is 14.8. The van der Waals surface area contributed by atoms with E-state index in [0.717, 1.165) is 11.3 Å². The molecule has 1 aliphatic heterocycles. The van der Waals surface area contributed by atoms with E-state index in [1.54, 1.807) is 12.1 Å². The molecule has 0 radical (unpaired) electrons. The molecule has 1 aromatic carbocycles. The topological polar surface area (TPSA) is 110 Å². The number of ketones is 1. The van der Waals surface area contributed by atoms with Gasteiger partial charge in [0, 0.05) is 17.7 Å². The normalized spacial score (nSPS) is 21.2. The van der Waals surface area contributed by atoms with Gasteiger partial charge < -0.3 is 20.5 Å². The molecule has 0 saturated heterocycles. The zero-order valence-corrected chi connectivity index (χ0v) is 14.8. The Kier molecular flexibility index (Phi) is 3.64. The van der Waals surface area contributed by atoms with Crippen LogP contribution in [0.15, 0.2) is 34.1 Å². The average molecular weight is 356 g/mol. The summed E-state index contributed by atoms with van der Waals surface area (Å²) >= 11 is 0. The highest BCUT2D eigenvalue weighted by atomic mass is 16.6. The smallest absolute Gasteiger partial charge is 0.219 e. The number of phenols is 1. The van der Waals surface area contributed by atoms with Crippen molar-refractivity contribution >= 4 is 17.4 Å². The fourth-order valence-electron chi connectivity index (χ4n) is 3.63. The Labute approximate surface area is 150 Å². The predicted molar refractivity (Wildman–Crippen MR) is 94.0 cm³/mol. The van der Waals surface area contributed by atoms with E-state index >= 15 is 0 Å². The summed E-state index contributed by atoms with van der Waals surface area (Å²) in [4.78, 5) is 13.0. The Hall–Kier alpha value is -3.03. The first kappa shape index (κ1) is 16.4. The van der Waals surface area contributed by atoms with Gasteiger partial charge in [-0.2, -0.15) is 0 Å². The lowest BCUT2D eigenvalue weighted by atomic mass is 9.73. The molecule has 8 heteroatoms. The highest BCUT2D eigenvalue weighted by molar-refractivity contribution is 6.00. The molecule has 3 N–H and O–H groups in total. The molecule has 0 unspecified atom stereocenters. The third-order valence-electron chi connectivity index (χ3n) is 4.78. The number of carbonyl (C=O) groups is 1. The average Bonchev–Trinajstić information content (AvgIpc) is 2.93. The number of Topliss-reactive ketones (excluding diaryl/α,β-unsaturated/α-hetero) is 1. The second kappa shape index (κ2) is 5.76. The number of anilines is 2. The van der Waals surface area contributed by atoms with Gasteiger partial charge in [0.25, 0.3) is 0 Å². The van der Waals surface area contributed by atoms with Gasteiger partial charge in [-0.25, -0.2) is 4.63 Å². The molecule has 1 atom stereocenters. The minimum Gasteiger partial charge on any atom is -0.504 e. The van der Waals surface area contributed by atoms with Gasteiger partial charge in [-0.05, 0) is 39.8 Å². The molecule has 1 aliphatic carbocycles. The van der Waals surface area contributed by atoms with Gasteiger partial charge in [0.05, 0.1) is 13.2 Å². The minimum atomic E-state index is -0.481. The summed E-state index contributed by atoms with van der Waals surface area (Å²) in [5, 5.41) is 24.4. The van der Waals surface area contributed by atoms with Crippen molar-refractivity contribution in [2.24, 2.45) is 5.41 Å². The summed E-state index contributed by atoms with van der Waals surface area (Å²) in [6.45, 7) is 4.12. The summed E-state index contributed by atoms with van der Waals surface area (Å²) < 4.78 is 9.94. The van der Waals surface area contributed by atoms with Crippen molar-refractivity contribution in [3.05, 3.63) is 35.0 Å². The molecule has 2 aliphatic rings. The van der Waals surface area contributed by atoms with Crippen molar-refractivity contribution in [2.45, 2.75) is 32.7 Å². The van der Waals surface area contributed by atoms with Gasteiger partial charge in [-0.3, -0.25) is 4.79 Å². The van der Waals surface area contributed by atoms with E-state index in [0.29, 0.717) is 35.8 Å². The van der Waals surface area contributed by atoms with Crippen molar-refractivity contribution < 1.29 is 19.3 Å². The fourth-order valence-corrected chi connectivity index (χ4v) is 3.63. The molecule has 0 amide bonds. The summed E-state index contributed by atoms with van der Waals surface area (Å²) in [5.41, 5.74) is 2.00. The van der Waals surface area contributed by atoms with Gasteiger partial charge in [0.1, 0.15) is 0 Å². The number of aromatic hydroxyl groups is 1. The maximum atomic E-state index is 13.0. The first-order chi connectivity index (χ1) is 12.4. The Morgan fingerprint density at radius 3 is 2.77 bits per heavy atom. The van der Waals surface area contributed by atoms with E-state index in [-0.39, 0.29) is 16.9 Å². The first-order valence-electron chi connectivity index (χ1n) is 8.37. The predicted octanol–water partition coefficient (Wildman–Crippen LogP) is 3.01. The molecule has 136 valence electrons. The standard InChI is InChI=1S/C18H20N4O4/c1-18(2)7-10-14(12(24)8-18)15(20-17-16(19-10)21-26-22-17)9-4-5-13(25-3)11(23)6-9/h4-6,15,23H,7-8H2,1-3H3,(H,19,21)(H,20,22)/t15-/m0/s1. The van der Waals surface area contributed by atoms with Crippen LogP contribution in [-0.2, 0) is 4.79 Å². The monoisotopic (exact) mass is 356 g/mol. The van der Waals surface area contributed by atoms with Crippen LogP contribution >= 0.6 is 0 Å². The van der Waals surface area contributed by atoms with Crippen LogP contribution in [-0.4, -0.2) is 28.3 Å². The number of hydrogen-bond acceptors (Lipinski definition) is 8. The number of allylic oxidation sites excluding steroid dienone is 1. The minimum absolute atomic E-state index is 0.00763. The maximum Gasteiger partial charge on any atom is 0.219 e. The molecule has 0 fully saturated rings. The molecule has 2 aromatic rings. The molecule has 1 aromatic heterocycles. The molecule has 8 nitrogen and oxygen atoms in total. The van der Waals surface area contributed by atoms with Gasteiger partial charge >= 0.3 is 0 Å². The van der Waals surface area contributed by atoms with Crippen LogP contribution in [0.2, 0.25) is 0 Å². The summed E-state index contributed by atoms with van der Waals surface area (Å²) in [6.07, 6.45) is 1.14. The Morgan fingerprint density at radius 2 is 2.04 bits per heavy atom. The zero-order chi connectivity index (χ0) is 18.5. The fraction of sp³-hybridized carbons (Fsp3) is 0.389. The van der Waals surface area contributed by atoms with E-state index in [2.05, 4.69) is 34.8 Å². The number of rotatable bonds is 2. The van der Waals surface area contributed by atoms with Gasteiger partial charge in [0.2, 0.25) is 11.6 Å². The van der Waals surface area contributed by atoms with Crippen molar-refractivity contribution in [3.63, 3.8) is 0 Å². The van der Waals surface area contributed by atoms with Crippen LogP contribution < -0.4 is 15.4 Å². The highest BCUT2D eigenvalue weighted by Gasteiger charge is 2.39.